The number of nitriles is 1. The fourth-order valence-electron chi connectivity index (χ4n) is 1.65. The van der Waals surface area contributed by atoms with E-state index in [0.29, 0.717) is 14.8 Å². The number of nitrogens with zero attached hydrogens (tertiary/aromatic N) is 2. The molecule has 3 nitrogen and oxygen atoms in total. The molecule has 0 amide bonds. The van der Waals surface area contributed by atoms with Crippen molar-refractivity contribution in [3.05, 3.63) is 63.2 Å². The maximum absolute atomic E-state index is 13.0. The van der Waals surface area contributed by atoms with Gasteiger partial charge in [0.05, 0.1) is 11.8 Å². The van der Waals surface area contributed by atoms with Crippen LogP contribution in [0.4, 0.5) is 4.39 Å². The van der Waals surface area contributed by atoms with E-state index in [0.717, 1.165) is 0 Å². The molecule has 0 spiro atoms. The van der Waals surface area contributed by atoms with E-state index >= 15 is 0 Å². The monoisotopic (exact) mass is 366 g/mol. The van der Waals surface area contributed by atoms with Crippen molar-refractivity contribution >= 4 is 28.4 Å². The standard InChI is InChI=1S/C14H8FIN2O/c15-9-4-5-10(12(16)7-9)14(19)11(8-17)13-3-1-2-6-18-13/h1-7,11H. The van der Waals surface area contributed by atoms with Crippen molar-refractivity contribution in [3.63, 3.8) is 0 Å². The summed E-state index contributed by atoms with van der Waals surface area (Å²) in [5, 5.41) is 9.17. The highest BCUT2D eigenvalue weighted by Crippen LogP contribution is 2.22. The van der Waals surface area contributed by atoms with E-state index < -0.39 is 11.7 Å². The minimum Gasteiger partial charge on any atom is -0.292 e. The first-order valence-electron chi connectivity index (χ1n) is 5.43. The van der Waals surface area contributed by atoms with Gasteiger partial charge in [-0.15, -0.1) is 0 Å². The van der Waals surface area contributed by atoms with E-state index in [-0.39, 0.29) is 5.78 Å². The van der Waals surface area contributed by atoms with E-state index in [4.69, 9.17) is 5.26 Å². The second kappa shape index (κ2) is 5.89. The Hall–Kier alpha value is -1.81. The van der Waals surface area contributed by atoms with Crippen molar-refractivity contribution in [1.29, 1.82) is 5.26 Å². The first-order chi connectivity index (χ1) is 9.13. The second-order valence-electron chi connectivity index (χ2n) is 3.81. The van der Waals surface area contributed by atoms with E-state index in [1.165, 1.54) is 24.4 Å². The normalized spacial score (nSPS) is 11.6. The Labute approximate surface area is 123 Å². The number of carbonyl (C=O) groups excluding carboxylic acids is 1. The summed E-state index contributed by atoms with van der Waals surface area (Å²) < 4.78 is 13.5. The fourth-order valence-corrected chi connectivity index (χ4v) is 2.39. The van der Waals surface area contributed by atoms with Gasteiger partial charge in [0.1, 0.15) is 5.82 Å². The van der Waals surface area contributed by atoms with Crippen LogP contribution in [0.1, 0.15) is 22.0 Å². The average Bonchev–Trinajstić information content (AvgIpc) is 2.40. The van der Waals surface area contributed by atoms with Crippen LogP contribution in [0.2, 0.25) is 0 Å². The summed E-state index contributed by atoms with van der Waals surface area (Å²) in [4.78, 5) is 16.3. The zero-order valence-electron chi connectivity index (χ0n) is 9.68. The first-order valence-corrected chi connectivity index (χ1v) is 6.51. The highest BCUT2D eigenvalue weighted by Gasteiger charge is 2.24. The van der Waals surface area contributed by atoms with Gasteiger partial charge in [0.15, 0.2) is 11.7 Å². The maximum Gasteiger partial charge on any atom is 0.187 e. The third-order valence-electron chi connectivity index (χ3n) is 2.57. The van der Waals surface area contributed by atoms with Crippen molar-refractivity contribution in [2.24, 2.45) is 0 Å². The van der Waals surface area contributed by atoms with Crippen molar-refractivity contribution in [2.75, 3.05) is 0 Å². The molecule has 0 fully saturated rings. The number of rotatable bonds is 3. The molecule has 0 saturated carbocycles. The topological polar surface area (TPSA) is 53.8 Å². The van der Waals surface area contributed by atoms with E-state index in [2.05, 4.69) is 4.98 Å². The van der Waals surface area contributed by atoms with Crippen molar-refractivity contribution in [3.8, 4) is 6.07 Å². The summed E-state index contributed by atoms with van der Waals surface area (Å²) in [5.41, 5.74) is 0.731. The molecular formula is C14H8FIN2O. The molecule has 0 N–H and O–H groups in total. The van der Waals surface area contributed by atoms with Crippen LogP contribution in [0.5, 0.6) is 0 Å². The summed E-state index contributed by atoms with van der Waals surface area (Å²) in [6.07, 6.45) is 1.53. The molecular weight excluding hydrogens is 358 g/mol. The van der Waals surface area contributed by atoms with Gasteiger partial charge < -0.3 is 0 Å². The van der Waals surface area contributed by atoms with Crippen LogP contribution in [-0.4, -0.2) is 10.8 Å². The fraction of sp³-hybridized carbons (Fsp3) is 0.0714. The maximum atomic E-state index is 13.0. The molecule has 2 aromatic rings. The molecule has 1 aromatic heterocycles. The van der Waals surface area contributed by atoms with Gasteiger partial charge in [-0.2, -0.15) is 5.26 Å². The highest BCUT2D eigenvalue weighted by atomic mass is 127. The molecule has 1 aromatic carbocycles. The number of Topliss-reactive ketones (excluding diaryl/α,β-unsaturated/α-hetero) is 1. The Bertz CT molecular complexity index is 652. The van der Waals surface area contributed by atoms with Gasteiger partial charge in [-0.25, -0.2) is 4.39 Å². The largest absolute Gasteiger partial charge is 0.292 e. The number of aromatic nitrogens is 1. The molecule has 0 aliphatic carbocycles. The summed E-state index contributed by atoms with van der Waals surface area (Å²) in [5.74, 6) is -1.75. The number of halogens is 2. The lowest BCUT2D eigenvalue weighted by Crippen LogP contribution is -2.14. The quantitative estimate of drug-likeness (QED) is 0.619. The van der Waals surface area contributed by atoms with Crippen LogP contribution in [0.25, 0.3) is 0 Å². The molecule has 5 heteroatoms. The molecule has 94 valence electrons. The molecule has 1 unspecified atom stereocenters. The van der Waals surface area contributed by atoms with Crippen LogP contribution >= 0.6 is 22.6 Å². The minimum absolute atomic E-state index is 0.333. The van der Waals surface area contributed by atoms with Crippen molar-refractivity contribution in [2.45, 2.75) is 5.92 Å². The summed E-state index contributed by atoms with van der Waals surface area (Å²) in [6.45, 7) is 0. The van der Waals surface area contributed by atoms with Gasteiger partial charge in [0.25, 0.3) is 0 Å². The summed E-state index contributed by atoms with van der Waals surface area (Å²) in [7, 11) is 0. The summed E-state index contributed by atoms with van der Waals surface area (Å²) in [6, 6.07) is 10.9. The molecule has 0 aliphatic rings. The van der Waals surface area contributed by atoms with Gasteiger partial charge in [0.2, 0.25) is 0 Å². The lowest BCUT2D eigenvalue weighted by atomic mass is 9.95. The smallest absolute Gasteiger partial charge is 0.187 e. The molecule has 1 heterocycles. The zero-order valence-corrected chi connectivity index (χ0v) is 11.8. The lowest BCUT2D eigenvalue weighted by molar-refractivity contribution is 0.0976. The van der Waals surface area contributed by atoms with E-state index in [1.807, 2.05) is 28.7 Å². The Morgan fingerprint density at radius 1 is 1.37 bits per heavy atom. The van der Waals surface area contributed by atoms with Gasteiger partial charge in [0, 0.05) is 15.3 Å². The van der Waals surface area contributed by atoms with Crippen LogP contribution in [0.15, 0.2) is 42.6 Å². The van der Waals surface area contributed by atoms with Crippen molar-refractivity contribution in [1.82, 2.24) is 4.98 Å². The predicted molar refractivity (Wildman–Crippen MR) is 76.0 cm³/mol. The molecule has 2 rings (SSSR count). The molecule has 1 atom stereocenters. The van der Waals surface area contributed by atoms with Crippen LogP contribution in [-0.2, 0) is 0 Å². The predicted octanol–water partition coefficient (Wildman–Crippen LogP) is 3.32. The average molecular weight is 366 g/mol. The Morgan fingerprint density at radius 2 is 2.16 bits per heavy atom. The second-order valence-corrected chi connectivity index (χ2v) is 4.97. The molecule has 0 aliphatic heterocycles. The number of ketones is 1. The Balaban J connectivity index is 2.40. The Morgan fingerprint density at radius 3 is 2.74 bits per heavy atom. The number of hydrogen-bond acceptors (Lipinski definition) is 3. The number of benzene rings is 1. The van der Waals surface area contributed by atoms with Gasteiger partial charge in [-0.1, -0.05) is 6.07 Å². The highest BCUT2D eigenvalue weighted by molar-refractivity contribution is 14.1. The van der Waals surface area contributed by atoms with Crippen LogP contribution in [0.3, 0.4) is 0 Å². The number of carbonyl (C=O) groups is 1. The van der Waals surface area contributed by atoms with E-state index in [1.54, 1.807) is 18.2 Å². The summed E-state index contributed by atoms with van der Waals surface area (Å²) >= 11 is 1.88. The number of pyridine rings is 1. The van der Waals surface area contributed by atoms with Crippen LogP contribution < -0.4 is 0 Å². The lowest BCUT2D eigenvalue weighted by Gasteiger charge is -2.09. The first kappa shape index (κ1) is 13.6. The third-order valence-corrected chi connectivity index (χ3v) is 3.46. The van der Waals surface area contributed by atoms with Crippen LogP contribution in [0, 0.1) is 20.7 Å². The zero-order chi connectivity index (χ0) is 13.8. The third kappa shape index (κ3) is 2.96. The minimum atomic E-state index is -0.972. The SMILES string of the molecule is N#CC(C(=O)c1ccc(F)cc1I)c1ccccn1. The Kier molecular flexibility index (Phi) is 4.22. The van der Waals surface area contributed by atoms with Gasteiger partial charge in [-0.05, 0) is 52.9 Å². The molecule has 19 heavy (non-hydrogen) atoms. The molecule has 0 radical (unpaired) electrons. The van der Waals surface area contributed by atoms with Crippen molar-refractivity contribution < 1.29 is 9.18 Å². The van der Waals surface area contributed by atoms with E-state index in [9.17, 15) is 9.18 Å². The van der Waals surface area contributed by atoms with Gasteiger partial charge in [-0.3, -0.25) is 9.78 Å². The molecule has 0 saturated heterocycles. The van der Waals surface area contributed by atoms with Gasteiger partial charge >= 0.3 is 0 Å². The molecule has 0 bridgehead atoms. The number of hydrogen-bond donors (Lipinski definition) is 0.